The molecule has 0 spiro atoms. The Bertz CT molecular complexity index is 859. The van der Waals surface area contributed by atoms with Crippen LogP contribution in [0.2, 0.25) is 0 Å². The van der Waals surface area contributed by atoms with E-state index in [1.807, 2.05) is 24.0 Å². The van der Waals surface area contributed by atoms with E-state index in [0.717, 1.165) is 17.5 Å². The monoisotopic (exact) mass is 409 g/mol. The van der Waals surface area contributed by atoms with Gasteiger partial charge in [-0.2, -0.15) is 0 Å². The number of sulfonamides is 1. The van der Waals surface area contributed by atoms with Crippen LogP contribution in [0.4, 0.5) is 0 Å². The summed E-state index contributed by atoms with van der Waals surface area (Å²) in [4.78, 5) is 32.8. The lowest BCUT2D eigenvalue weighted by Gasteiger charge is -2.42. The van der Waals surface area contributed by atoms with E-state index in [1.54, 1.807) is 11.1 Å². The van der Waals surface area contributed by atoms with Gasteiger partial charge in [-0.3, -0.25) is 19.5 Å². The highest BCUT2D eigenvalue weighted by Gasteiger charge is 2.45. The lowest BCUT2D eigenvalue weighted by molar-refractivity contribution is -0.144. The van der Waals surface area contributed by atoms with E-state index in [0.29, 0.717) is 26.1 Å². The van der Waals surface area contributed by atoms with Crippen molar-refractivity contribution in [1.82, 2.24) is 24.8 Å². The minimum absolute atomic E-state index is 0.0654. The summed E-state index contributed by atoms with van der Waals surface area (Å²) < 4.78 is 25.8. The molecule has 2 N–H and O–H groups in total. The number of carbonyl (C=O) groups is 2. The second-order valence-electron chi connectivity index (χ2n) is 7.62. The lowest BCUT2D eigenvalue weighted by atomic mass is 10.0. The Hall–Kier alpha value is -2.04. The standard InChI is InChI=1S/C18H27N5O4S/c1-12-5-4-6-19-16(12)11-22-10-15-7-14(21-28(3,26)27)9-23(15)18(25)17(22)8-20-13(2)24/h4-6,14-15,17,21H,7-11H2,1-3H3,(H,20,24)/t14-,15-,17-/m0/s1. The van der Waals surface area contributed by atoms with E-state index < -0.39 is 16.1 Å². The lowest BCUT2D eigenvalue weighted by Crippen LogP contribution is -2.62. The van der Waals surface area contributed by atoms with E-state index in [1.165, 1.54) is 6.92 Å². The molecule has 28 heavy (non-hydrogen) atoms. The molecule has 3 heterocycles. The minimum Gasteiger partial charge on any atom is -0.354 e. The molecule has 2 fully saturated rings. The van der Waals surface area contributed by atoms with Crippen LogP contribution in [-0.4, -0.2) is 79.0 Å². The quantitative estimate of drug-likeness (QED) is 0.638. The summed E-state index contributed by atoms with van der Waals surface area (Å²) in [5.41, 5.74) is 1.93. The zero-order valence-corrected chi connectivity index (χ0v) is 17.2. The number of pyridine rings is 1. The average molecular weight is 410 g/mol. The molecule has 154 valence electrons. The molecule has 3 atom stereocenters. The van der Waals surface area contributed by atoms with Crippen molar-refractivity contribution in [2.45, 2.75) is 44.9 Å². The average Bonchev–Trinajstić information content (AvgIpc) is 2.97. The van der Waals surface area contributed by atoms with Crippen molar-refractivity contribution in [2.75, 3.05) is 25.9 Å². The third-order valence-electron chi connectivity index (χ3n) is 5.26. The molecule has 2 aliphatic rings. The van der Waals surface area contributed by atoms with Gasteiger partial charge in [0, 0.05) is 51.4 Å². The van der Waals surface area contributed by atoms with Crippen LogP contribution < -0.4 is 10.0 Å². The second-order valence-corrected chi connectivity index (χ2v) is 9.40. The number of nitrogens with zero attached hydrogens (tertiary/aromatic N) is 3. The topological polar surface area (TPSA) is 112 Å². The van der Waals surface area contributed by atoms with Crippen molar-refractivity contribution in [1.29, 1.82) is 0 Å². The summed E-state index contributed by atoms with van der Waals surface area (Å²) in [6.45, 7) is 5.07. The number of carbonyl (C=O) groups excluding carboxylic acids is 2. The number of aryl methyl sites for hydroxylation is 1. The number of rotatable bonds is 6. The molecule has 0 radical (unpaired) electrons. The maximum Gasteiger partial charge on any atom is 0.242 e. The summed E-state index contributed by atoms with van der Waals surface area (Å²) in [5.74, 6) is -0.279. The maximum atomic E-state index is 13.2. The predicted octanol–water partition coefficient (Wildman–Crippen LogP) is -0.771. The maximum absolute atomic E-state index is 13.2. The van der Waals surface area contributed by atoms with E-state index in [-0.39, 0.29) is 30.4 Å². The van der Waals surface area contributed by atoms with Gasteiger partial charge in [0.1, 0.15) is 6.04 Å². The summed E-state index contributed by atoms with van der Waals surface area (Å²) in [7, 11) is -3.34. The summed E-state index contributed by atoms with van der Waals surface area (Å²) in [6, 6.07) is 2.99. The largest absolute Gasteiger partial charge is 0.354 e. The second kappa shape index (κ2) is 8.14. The first kappa shape index (κ1) is 20.7. The van der Waals surface area contributed by atoms with Crippen molar-refractivity contribution in [3.05, 3.63) is 29.6 Å². The predicted molar refractivity (Wildman–Crippen MR) is 104 cm³/mol. The van der Waals surface area contributed by atoms with Gasteiger partial charge in [0.2, 0.25) is 21.8 Å². The van der Waals surface area contributed by atoms with Gasteiger partial charge in [0.05, 0.1) is 11.9 Å². The van der Waals surface area contributed by atoms with Crippen LogP contribution in [0.3, 0.4) is 0 Å². The van der Waals surface area contributed by atoms with Crippen molar-refractivity contribution in [2.24, 2.45) is 0 Å². The Morgan fingerprint density at radius 1 is 1.36 bits per heavy atom. The van der Waals surface area contributed by atoms with E-state index >= 15 is 0 Å². The summed E-state index contributed by atoms with van der Waals surface area (Å²) >= 11 is 0. The molecule has 9 nitrogen and oxygen atoms in total. The molecular formula is C18H27N5O4S. The van der Waals surface area contributed by atoms with Crippen LogP contribution in [0, 0.1) is 6.92 Å². The smallest absolute Gasteiger partial charge is 0.242 e. The molecule has 0 aliphatic carbocycles. The fourth-order valence-electron chi connectivity index (χ4n) is 4.00. The number of amides is 2. The Balaban J connectivity index is 1.80. The first-order valence-electron chi connectivity index (χ1n) is 9.31. The van der Waals surface area contributed by atoms with Crippen LogP contribution in [-0.2, 0) is 26.2 Å². The van der Waals surface area contributed by atoms with Crippen molar-refractivity contribution in [3.63, 3.8) is 0 Å². The Kier molecular flexibility index (Phi) is 6.01. The van der Waals surface area contributed by atoms with Crippen molar-refractivity contribution < 1.29 is 18.0 Å². The molecule has 2 amide bonds. The molecule has 2 aliphatic heterocycles. The SMILES string of the molecule is CC(=O)NC[C@H]1C(=O)N2C[C@@H](NS(C)(=O)=O)C[C@H]2CN1Cc1ncccc1C. The van der Waals surface area contributed by atoms with Gasteiger partial charge in [0.25, 0.3) is 0 Å². The molecule has 1 aromatic heterocycles. The third kappa shape index (κ3) is 4.86. The molecule has 0 aromatic carbocycles. The molecule has 1 aromatic rings. The fraction of sp³-hybridized carbons (Fsp3) is 0.611. The molecular weight excluding hydrogens is 382 g/mol. The van der Waals surface area contributed by atoms with Gasteiger partial charge < -0.3 is 10.2 Å². The first-order chi connectivity index (χ1) is 13.1. The highest BCUT2D eigenvalue weighted by atomic mass is 32.2. The van der Waals surface area contributed by atoms with Gasteiger partial charge in [-0.1, -0.05) is 6.07 Å². The van der Waals surface area contributed by atoms with E-state index in [2.05, 4.69) is 15.0 Å². The fourth-order valence-corrected chi connectivity index (χ4v) is 4.78. The van der Waals surface area contributed by atoms with Gasteiger partial charge >= 0.3 is 0 Å². The van der Waals surface area contributed by atoms with Gasteiger partial charge in [-0.05, 0) is 25.0 Å². The normalized spacial score (nSPS) is 25.6. The summed E-state index contributed by atoms with van der Waals surface area (Å²) in [6.07, 6.45) is 3.43. The number of piperazine rings is 1. The molecule has 0 unspecified atom stereocenters. The van der Waals surface area contributed by atoms with E-state index in [9.17, 15) is 18.0 Å². The third-order valence-corrected chi connectivity index (χ3v) is 6.03. The van der Waals surface area contributed by atoms with Gasteiger partial charge in [0.15, 0.2) is 0 Å². The van der Waals surface area contributed by atoms with Crippen LogP contribution in [0.1, 0.15) is 24.6 Å². The molecule has 10 heteroatoms. The van der Waals surface area contributed by atoms with Crippen LogP contribution in [0.25, 0.3) is 0 Å². The van der Waals surface area contributed by atoms with Crippen molar-refractivity contribution >= 4 is 21.8 Å². The van der Waals surface area contributed by atoms with Crippen LogP contribution in [0.5, 0.6) is 0 Å². The van der Waals surface area contributed by atoms with Crippen molar-refractivity contribution in [3.8, 4) is 0 Å². The number of fused-ring (bicyclic) bond motifs is 1. The minimum atomic E-state index is -3.34. The number of hydrogen-bond acceptors (Lipinski definition) is 6. The van der Waals surface area contributed by atoms with Crippen LogP contribution in [0.15, 0.2) is 18.3 Å². The molecule has 2 saturated heterocycles. The highest BCUT2D eigenvalue weighted by molar-refractivity contribution is 7.88. The van der Waals surface area contributed by atoms with E-state index in [4.69, 9.17) is 0 Å². The molecule has 3 rings (SSSR count). The number of hydrogen-bond donors (Lipinski definition) is 2. The number of nitrogens with one attached hydrogen (secondary N) is 2. The molecule has 0 bridgehead atoms. The first-order valence-corrected chi connectivity index (χ1v) is 11.2. The zero-order valence-electron chi connectivity index (χ0n) is 16.4. The van der Waals surface area contributed by atoms with Gasteiger partial charge in [-0.25, -0.2) is 13.1 Å². The Morgan fingerprint density at radius 3 is 2.75 bits per heavy atom. The Morgan fingerprint density at radius 2 is 2.11 bits per heavy atom. The molecule has 0 saturated carbocycles. The van der Waals surface area contributed by atoms with Gasteiger partial charge in [-0.15, -0.1) is 0 Å². The summed E-state index contributed by atoms with van der Waals surface area (Å²) in [5, 5.41) is 2.75. The Labute approximate surface area is 165 Å². The number of aromatic nitrogens is 1. The van der Waals surface area contributed by atoms with Crippen LogP contribution >= 0.6 is 0 Å². The highest BCUT2D eigenvalue weighted by Crippen LogP contribution is 2.27. The zero-order chi connectivity index (χ0) is 20.5.